The summed E-state index contributed by atoms with van der Waals surface area (Å²) in [7, 11) is 1.53. The number of esters is 1. The lowest BCUT2D eigenvalue weighted by atomic mass is 10.1. The molecular weight excluding hydrogens is 388 g/mol. The zero-order valence-electron chi connectivity index (χ0n) is 17.1. The Morgan fingerprint density at radius 1 is 0.967 bits per heavy atom. The summed E-state index contributed by atoms with van der Waals surface area (Å²) in [6.07, 6.45) is -1.13. The van der Waals surface area contributed by atoms with Crippen molar-refractivity contribution in [3.05, 3.63) is 59.2 Å². The van der Waals surface area contributed by atoms with Crippen LogP contribution in [0.1, 0.15) is 40.1 Å². The van der Waals surface area contributed by atoms with E-state index in [1.807, 2.05) is 6.92 Å². The van der Waals surface area contributed by atoms with Gasteiger partial charge in [0, 0.05) is 5.69 Å². The Kier molecular flexibility index (Phi) is 5.86. The van der Waals surface area contributed by atoms with Gasteiger partial charge in [-0.05, 0) is 57.2 Å². The number of hydrogen-bond donors (Lipinski definition) is 1. The number of carbonyl (C=O) groups excluding carboxylic acids is 4. The van der Waals surface area contributed by atoms with Gasteiger partial charge in [-0.3, -0.25) is 19.3 Å². The van der Waals surface area contributed by atoms with Crippen LogP contribution in [0.2, 0.25) is 0 Å². The zero-order chi connectivity index (χ0) is 22.0. The Morgan fingerprint density at radius 3 is 2.23 bits per heavy atom. The fourth-order valence-corrected chi connectivity index (χ4v) is 3.07. The van der Waals surface area contributed by atoms with E-state index in [1.165, 1.54) is 21.0 Å². The summed E-state index contributed by atoms with van der Waals surface area (Å²) in [6, 6.07) is 10.4. The summed E-state index contributed by atoms with van der Waals surface area (Å²) < 4.78 is 10.3. The van der Waals surface area contributed by atoms with Crippen LogP contribution in [-0.2, 0) is 14.3 Å². The minimum absolute atomic E-state index is 0.246. The Morgan fingerprint density at radius 2 is 1.60 bits per heavy atom. The van der Waals surface area contributed by atoms with Crippen LogP contribution in [0.4, 0.5) is 5.69 Å². The number of hydrogen-bond acceptors (Lipinski definition) is 6. The van der Waals surface area contributed by atoms with Gasteiger partial charge >= 0.3 is 5.97 Å². The number of benzene rings is 2. The van der Waals surface area contributed by atoms with Gasteiger partial charge in [0.15, 0.2) is 6.10 Å². The smallest absolute Gasteiger partial charge is 0.329 e. The number of amides is 3. The van der Waals surface area contributed by atoms with Crippen LogP contribution in [0.25, 0.3) is 0 Å². The van der Waals surface area contributed by atoms with Crippen molar-refractivity contribution in [3.8, 4) is 5.75 Å². The Bertz CT molecular complexity index is 1010. The van der Waals surface area contributed by atoms with Gasteiger partial charge in [-0.25, -0.2) is 4.79 Å². The highest BCUT2D eigenvalue weighted by Gasteiger charge is 2.42. The Hall–Kier alpha value is -3.68. The number of ether oxygens (including phenoxy) is 2. The van der Waals surface area contributed by atoms with Gasteiger partial charge in [0.05, 0.1) is 18.2 Å². The first kappa shape index (κ1) is 21.0. The lowest BCUT2D eigenvalue weighted by Crippen LogP contribution is -2.45. The standard InChI is InChI=1S/C22H22N2O6/c1-12-5-10-17-18(11-12)21(27)24(20(17)26)13(2)22(28)30-14(3)19(25)23-15-6-8-16(29-4)9-7-15/h5-11,13-14H,1-4H3,(H,23,25). The minimum atomic E-state index is -1.17. The van der Waals surface area contributed by atoms with Crippen LogP contribution in [-0.4, -0.2) is 47.8 Å². The Balaban J connectivity index is 1.64. The number of fused-ring (bicyclic) bond motifs is 1. The van der Waals surface area contributed by atoms with Crippen molar-refractivity contribution in [2.75, 3.05) is 12.4 Å². The number of nitrogens with zero attached hydrogens (tertiary/aromatic N) is 1. The molecule has 2 unspecified atom stereocenters. The van der Waals surface area contributed by atoms with Crippen LogP contribution >= 0.6 is 0 Å². The lowest BCUT2D eigenvalue weighted by molar-refractivity contribution is -0.156. The summed E-state index contributed by atoms with van der Waals surface area (Å²) in [5.74, 6) is -1.87. The van der Waals surface area contributed by atoms with E-state index in [2.05, 4.69) is 5.32 Å². The molecule has 3 rings (SSSR count). The first-order valence-electron chi connectivity index (χ1n) is 9.37. The van der Waals surface area contributed by atoms with Crippen LogP contribution < -0.4 is 10.1 Å². The number of aryl methyl sites for hydroxylation is 1. The zero-order valence-corrected chi connectivity index (χ0v) is 17.1. The maximum atomic E-state index is 12.6. The molecule has 8 nitrogen and oxygen atoms in total. The molecule has 0 aliphatic carbocycles. The van der Waals surface area contributed by atoms with Crippen LogP contribution in [0.15, 0.2) is 42.5 Å². The number of nitrogens with one attached hydrogen (secondary N) is 1. The minimum Gasteiger partial charge on any atom is -0.497 e. The summed E-state index contributed by atoms with van der Waals surface area (Å²) in [5, 5.41) is 2.63. The maximum absolute atomic E-state index is 12.6. The number of rotatable bonds is 6. The van der Waals surface area contributed by atoms with E-state index in [1.54, 1.807) is 42.5 Å². The molecular formula is C22H22N2O6. The van der Waals surface area contributed by atoms with Crippen molar-refractivity contribution >= 4 is 29.4 Å². The van der Waals surface area contributed by atoms with E-state index in [4.69, 9.17) is 9.47 Å². The molecule has 1 aliphatic heterocycles. The molecule has 8 heteroatoms. The molecule has 0 saturated heterocycles. The second kappa shape index (κ2) is 8.36. The van der Waals surface area contributed by atoms with Crippen molar-refractivity contribution in [3.63, 3.8) is 0 Å². The maximum Gasteiger partial charge on any atom is 0.329 e. The van der Waals surface area contributed by atoms with Gasteiger partial charge in [0.25, 0.3) is 17.7 Å². The van der Waals surface area contributed by atoms with Crippen LogP contribution in [0, 0.1) is 6.92 Å². The van der Waals surface area contributed by atoms with E-state index >= 15 is 0 Å². The summed E-state index contributed by atoms with van der Waals surface area (Å²) in [6.45, 7) is 4.61. The quantitative estimate of drug-likeness (QED) is 0.580. The SMILES string of the molecule is COc1ccc(NC(=O)C(C)OC(=O)C(C)N2C(=O)c3ccc(C)cc3C2=O)cc1. The average Bonchev–Trinajstić information content (AvgIpc) is 2.97. The monoisotopic (exact) mass is 410 g/mol. The van der Waals surface area contributed by atoms with E-state index in [9.17, 15) is 19.2 Å². The topological polar surface area (TPSA) is 102 Å². The highest BCUT2D eigenvalue weighted by atomic mass is 16.5. The van der Waals surface area contributed by atoms with Gasteiger partial charge < -0.3 is 14.8 Å². The van der Waals surface area contributed by atoms with Gasteiger partial charge in [-0.15, -0.1) is 0 Å². The lowest BCUT2D eigenvalue weighted by Gasteiger charge is -2.22. The molecule has 0 fully saturated rings. The molecule has 0 radical (unpaired) electrons. The second-order valence-electron chi connectivity index (χ2n) is 7.00. The highest BCUT2D eigenvalue weighted by molar-refractivity contribution is 6.22. The molecule has 1 aliphatic rings. The molecule has 2 atom stereocenters. The molecule has 0 aromatic heterocycles. The number of methoxy groups -OCH3 is 1. The number of anilines is 1. The normalized spacial score (nSPS) is 14.7. The van der Waals surface area contributed by atoms with Crippen molar-refractivity contribution < 1.29 is 28.7 Å². The molecule has 2 aromatic rings. The largest absolute Gasteiger partial charge is 0.497 e. The molecule has 2 aromatic carbocycles. The molecule has 0 spiro atoms. The van der Waals surface area contributed by atoms with Gasteiger partial charge in [-0.2, -0.15) is 0 Å². The fraction of sp³-hybridized carbons (Fsp3) is 0.273. The molecule has 1 N–H and O–H groups in total. The first-order chi connectivity index (χ1) is 14.2. The molecule has 156 valence electrons. The summed E-state index contributed by atoms with van der Waals surface area (Å²) >= 11 is 0. The summed E-state index contributed by atoms with van der Waals surface area (Å²) in [5.41, 5.74) is 1.84. The molecule has 0 bridgehead atoms. The number of carbonyl (C=O) groups is 4. The van der Waals surface area contributed by atoms with Gasteiger partial charge in [0.1, 0.15) is 11.8 Å². The molecule has 3 amide bonds. The fourth-order valence-electron chi connectivity index (χ4n) is 3.07. The first-order valence-corrected chi connectivity index (χ1v) is 9.37. The molecule has 1 heterocycles. The Labute approximate surface area is 173 Å². The van der Waals surface area contributed by atoms with E-state index in [0.717, 1.165) is 10.5 Å². The van der Waals surface area contributed by atoms with Crippen molar-refractivity contribution in [1.29, 1.82) is 0 Å². The molecule has 0 saturated carbocycles. The van der Waals surface area contributed by atoms with Crippen molar-refractivity contribution in [2.45, 2.75) is 32.9 Å². The third-order valence-corrected chi connectivity index (χ3v) is 4.82. The van der Waals surface area contributed by atoms with Crippen molar-refractivity contribution in [1.82, 2.24) is 4.90 Å². The summed E-state index contributed by atoms with van der Waals surface area (Å²) in [4.78, 5) is 50.9. The average molecular weight is 410 g/mol. The van der Waals surface area contributed by atoms with Gasteiger partial charge in [-0.1, -0.05) is 11.6 Å². The van der Waals surface area contributed by atoms with Crippen LogP contribution in [0.3, 0.4) is 0 Å². The van der Waals surface area contributed by atoms with E-state index in [0.29, 0.717) is 11.4 Å². The third-order valence-electron chi connectivity index (χ3n) is 4.82. The predicted molar refractivity (Wildman–Crippen MR) is 108 cm³/mol. The van der Waals surface area contributed by atoms with Gasteiger partial charge in [0.2, 0.25) is 0 Å². The molecule has 30 heavy (non-hydrogen) atoms. The third kappa shape index (κ3) is 4.03. The van der Waals surface area contributed by atoms with Crippen LogP contribution in [0.5, 0.6) is 5.75 Å². The van der Waals surface area contributed by atoms with E-state index in [-0.39, 0.29) is 11.1 Å². The second-order valence-corrected chi connectivity index (χ2v) is 7.00. The van der Waals surface area contributed by atoms with Crippen molar-refractivity contribution in [2.24, 2.45) is 0 Å². The highest BCUT2D eigenvalue weighted by Crippen LogP contribution is 2.26. The number of imide groups is 1. The predicted octanol–water partition coefficient (Wildman–Crippen LogP) is 2.56. The van der Waals surface area contributed by atoms with E-state index < -0.39 is 35.8 Å².